The van der Waals surface area contributed by atoms with Crippen LogP contribution in [0.2, 0.25) is 5.02 Å². The SMILES string of the molecule is CCN1CCN(c2cc(Nc3cc(C)[nH]n3)nc(N[C@H]3CCN(C(=O)c4ccc(Cl)cc4F)C3)n2)CC1. The van der Waals surface area contributed by atoms with Gasteiger partial charge < -0.3 is 25.3 Å². The molecule has 2 aliphatic heterocycles. The lowest BCUT2D eigenvalue weighted by Crippen LogP contribution is -2.46. The first-order chi connectivity index (χ1) is 17.9. The lowest BCUT2D eigenvalue weighted by atomic mass is 10.2. The monoisotopic (exact) mass is 527 g/mol. The number of aryl methyl sites for hydroxylation is 1. The number of likely N-dealkylation sites (tertiary alicyclic amines) is 1. The van der Waals surface area contributed by atoms with Crippen molar-refractivity contribution in [1.29, 1.82) is 0 Å². The molecule has 0 bridgehead atoms. The van der Waals surface area contributed by atoms with Crippen molar-refractivity contribution in [2.24, 2.45) is 0 Å². The Morgan fingerprint density at radius 2 is 1.95 bits per heavy atom. The van der Waals surface area contributed by atoms with Crippen LogP contribution in [0.25, 0.3) is 0 Å². The molecule has 37 heavy (non-hydrogen) atoms. The normalized spacial score (nSPS) is 18.3. The molecule has 10 nitrogen and oxygen atoms in total. The average Bonchev–Trinajstić information content (AvgIpc) is 3.52. The summed E-state index contributed by atoms with van der Waals surface area (Å²) >= 11 is 5.84. The number of nitrogens with zero attached hydrogens (tertiary/aromatic N) is 6. The third kappa shape index (κ3) is 5.94. The molecule has 4 heterocycles. The first-order valence-corrected chi connectivity index (χ1v) is 12.9. The Morgan fingerprint density at radius 3 is 2.65 bits per heavy atom. The maximum absolute atomic E-state index is 14.3. The second kappa shape index (κ2) is 10.9. The number of aromatic nitrogens is 4. The van der Waals surface area contributed by atoms with E-state index in [0.717, 1.165) is 50.3 Å². The number of hydrogen-bond donors (Lipinski definition) is 3. The van der Waals surface area contributed by atoms with Crippen LogP contribution >= 0.6 is 11.6 Å². The quantitative estimate of drug-likeness (QED) is 0.429. The van der Waals surface area contributed by atoms with E-state index in [4.69, 9.17) is 16.6 Å². The lowest BCUT2D eigenvalue weighted by molar-refractivity contribution is 0.0787. The van der Waals surface area contributed by atoms with Crippen LogP contribution in [0.15, 0.2) is 30.3 Å². The largest absolute Gasteiger partial charge is 0.354 e. The van der Waals surface area contributed by atoms with E-state index in [1.165, 1.54) is 12.1 Å². The molecule has 0 aliphatic carbocycles. The number of piperazine rings is 1. The summed E-state index contributed by atoms with van der Waals surface area (Å²) in [5.41, 5.74) is 0.967. The fourth-order valence-corrected chi connectivity index (χ4v) is 4.87. The summed E-state index contributed by atoms with van der Waals surface area (Å²) in [6, 6.07) is 7.90. The highest BCUT2D eigenvalue weighted by Crippen LogP contribution is 2.25. The van der Waals surface area contributed by atoms with Crippen molar-refractivity contribution in [3.63, 3.8) is 0 Å². The van der Waals surface area contributed by atoms with Crippen LogP contribution in [0.1, 0.15) is 29.4 Å². The minimum absolute atomic E-state index is 0.0234. The van der Waals surface area contributed by atoms with Crippen LogP contribution in [0.3, 0.4) is 0 Å². The first-order valence-electron chi connectivity index (χ1n) is 12.5. The van der Waals surface area contributed by atoms with Crippen molar-refractivity contribution in [3.05, 3.63) is 52.4 Å². The Morgan fingerprint density at radius 1 is 1.14 bits per heavy atom. The third-order valence-electron chi connectivity index (χ3n) is 6.79. The van der Waals surface area contributed by atoms with E-state index in [1.54, 1.807) is 4.90 Å². The van der Waals surface area contributed by atoms with Gasteiger partial charge in [0.15, 0.2) is 5.82 Å². The fraction of sp³-hybridized carbons (Fsp3) is 0.440. The molecular weight excluding hydrogens is 497 g/mol. The molecule has 0 spiro atoms. The van der Waals surface area contributed by atoms with Crippen molar-refractivity contribution in [2.75, 3.05) is 61.3 Å². The highest BCUT2D eigenvalue weighted by atomic mass is 35.5. The van der Waals surface area contributed by atoms with Crippen molar-refractivity contribution in [2.45, 2.75) is 26.3 Å². The second-order valence-corrected chi connectivity index (χ2v) is 9.86. The van der Waals surface area contributed by atoms with Gasteiger partial charge in [0.2, 0.25) is 5.95 Å². The van der Waals surface area contributed by atoms with E-state index in [2.05, 4.69) is 42.5 Å². The summed E-state index contributed by atoms with van der Waals surface area (Å²) in [6.07, 6.45) is 0.699. The molecule has 1 amide bonds. The zero-order valence-electron chi connectivity index (χ0n) is 21.0. The molecule has 3 aromatic rings. The van der Waals surface area contributed by atoms with Gasteiger partial charge in [-0.05, 0) is 38.1 Å². The summed E-state index contributed by atoms with van der Waals surface area (Å²) < 4.78 is 14.3. The number of halogens is 2. The van der Waals surface area contributed by atoms with E-state index in [-0.39, 0.29) is 22.5 Å². The van der Waals surface area contributed by atoms with Gasteiger partial charge in [-0.25, -0.2) is 4.39 Å². The van der Waals surface area contributed by atoms with Crippen molar-refractivity contribution < 1.29 is 9.18 Å². The molecule has 0 saturated carbocycles. The average molecular weight is 528 g/mol. The van der Waals surface area contributed by atoms with Crippen LogP contribution in [-0.4, -0.2) is 87.7 Å². The van der Waals surface area contributed by atoms with Gasteiger partial charge in [0.25, 0.3) is 5.91 Å². The lowest BCUT2D eigenvalue weighted by Gasteiger charge is -2.35. The van der Waals surface area contributed by atoms with E-state index in [0.29, 0.717) is 37.1 Å². The first kappa shape index (κ1) is 25.2. The van der Waals surface area contributed by atoms with Gasteiger partial charge in [-0.3, -0.25) is 9.89 Å². The fourth-order valence-electron chi connectivity index (χ4n) is 4.71. The highest BCUT2D eigenvalue weighted by molar-refractivity contribution is 6.30. The Labute approximate surface area is 220 Å². The minimum atomic E-state index is -0.613. The number of nitrogens with one attached hydrogen (secondary N) is 3. The van der Waals surface area contributed by atoms with E-state index in [9.17, 15) is 9.18 Å². The van der Waals surface area contributed by atoms with Gasteiger partial charge in [0.1, 0.15) is 17.5 Å². The molecule has 2 aromatic heterocycles. The molecule has 196 valence electrons. The smallest absolute Gasteiger partial charge is 0.256 e. The number of anilines is 4. The molecule has 2 aliphatic rings. The van der Waals surface area contributed by atoms with E-state index < -0.39 is 5.82 Å². The Bertz CT molecular complexity index is 1260. The highest BCUT2D eigenvalue weighted by Gasteiger charge is 2.29. The number of carbonyl (C=O) groups excluding carboxylic acids is 1. The summed E-state index contributed by atoms with van der Waals surface area (Å²) in [5, 5.41) is 14.1. The number of amides is 1. The maximum Gasteiger partial charge on any atom is 0.256 e. The Kier molecular flexibility index (Phi) is 7.43. The number of carbonyl (C=O) groups is 1. The van der Waals surface area contributed by atoms with Crippen molar-refractivity contribution >= 4 is 40.9 Å². The van der Waals surface area contributed by atoms with Crippen molar-refractivity contribution in [1.82, 2.24) is 30.0 Å². The predicted octanol–water partition coefficient (Wildman–Crippen LogP) is 3.51. The summed E-state index contributed by atoms with van der Waals surface area (Å²) in [6.45, 7) is 9.79. The van der Waals surface area contributed by atoms with Gasteiger partial charge in [0.05, 0.1) is 5.56 Å². The van der Waals surface area contributed by atoms with Crippen LogP contribution in [-0.2, 0) is 0 Å². The number of benzene rings is 1. The number of H-pyrrole nitrogens is 1. The molecule has 0 radical (unpaired) electrons. The maximum atomic E-state index is 14.3. The molecule has 2 saturated heterocycles. The number of aromatic amines is 1. The summed E-state index contributed by atoms with van der Waals surface area (Å²) in [7, 11) is 0. The zero-order valence-corrected chi connectivity index (χ0v) is 21.7. The topological polar surface area (TPSA) is 105 Å². The van der Waals surface area contributed by atoms with Crippen molar-refractivity contribution in [3.8, 4) is 0 Å². The molecular formula is C25H31ClFN9O. The standard InChI is InChI=1S/C25H31ClFN9O/c1-3-34-8-10-35(11-9-34)23-14-21(29-22-12-16(2)32-33-22)30-25(31-23)28-18-6-7-36(15-18)24(37)19-5-4-17(26)13-20(19)27/h4-5,12-14,18H,3,6-11,15H2,1-2H3,(H3,28,29,30,31,32,33)/t18-/m0/s1. The summed E-state index contributed by atoms with van der Waals surface area (Å²) in [5.74, 6) is 1.65. The zero-order chi connectivity index (χ0) is 25.9. The van der Waals surface area contributed by atoms with Crippen LogP contribution in [0.5, 0.6) is 0 Å². The number of hydrogen-bond acceptors (Lipinski definition) is 8. The van der Waals surface area contributed by atoms with Gasteiger partial charge >= 0.3 is 0 Å². The molecule has 1 aromatic carbocycles. The summed E-state index contributed by atoms with van der Waals surface area (Å²) in [4.78, 5) is 28.7. The second-order valence-electron chi connectivity index (χ2n) is 9.42. The van der Waals surface area contributed by atoms with E-state index in [1.807, 2.05) is 19.1 Å². The van der Waals surface area contributed by atoms with Crippen LogP contribution in [0.4, 0.5) is 27.8 Å². The van der Waals surface area contributed by atoms with Crippen LogP contribution < -0.4 is 15.5 Å². The molecule has 3 N–H and O–H groups in total. The van der Waals surface area contributed by atoms with Gasteiger partial charge in [-0.1, -0.05) is 18.5 Å². The number of likely N-dealkylation sites (N-methyl/N-ethyl adjacent to an activating group) is 1. The molecule has 0 unspecified atom stereocenters. The molecule has 5 rings (SSSR count). The number of rotatable bonds is 7. The van der Waals surface area contributed by atoms with Gasteiger partial charge in [-0.15, -0.1) is 0 Å². The van der Waals surface area contributed by atoms with Crippen LogP contribution in [0, 0.1) is 12.7 Å². The minimum Gasteiger partial charge on any atom is -0.354 e. The van der Waals surface area contributed by atoms with Gasteiger partial charge in [-0.2, -0.15) is 15.1 Å². The predicted molar refractivity (Wildman–Crippen MR) is 142 cm³/mol. The Balaban J connectivity index is 1.31. The Hall–Kier alpha value is -3.44. The third-order valence-corrected chi connectivity index (χ3v) is 7.02. The van der Waals surface area contributed by atoms with E-state index >= 15 is 0 Å². The molecule has 12 heteroatoms. The molecule has 2 fully saturated rings. The van der Waals surface area contributed by atoms with Gasteiger partial charge in [0, 0.05) is 68.2 Å². The molecule has 1 atom stereocenters.